The number of aliphatic hydroxyl groups is 4. The van der Waals surface area contributed by atoms with Crippen LogP contribution in [0.15, 0.2) is 35.5 Å². The van der Waals surface area contributed by atoms with Gasteiger partial charge in [-0.1, -0.05) is 84.4 Å². The van der Waals surface area contributed by atoms with Gasteiger partial charge in [0.1, 0.15) is 6.10 Å². The Balaban J connectivity index is 0.000000264. The van der Waals surface area contributed by atoms with Gasteiger partial charge in [0.2, 0.25) is 5.78 Å². The average Bonchev–Trinajstić information content (AvgIpc) is 4.05. The van der Waals surface area contributed by atoms with Gasteiger partial charge in [-0.2, -0.15) is 0 Å². The molecule has 3 saturated carbocycles. The number of carbonyl (C=O) groups is 6. The molecule has 2 aliphatic heterocycles. The van der Waals surface area contributed by atoms with Crippen molar-refractivity contribution in [3.63, 3.8) is 0 Å². The maximum absolute atomic E-state index is 13.9. The maximum Gasteiger partial charge on any atom is 0.330 e. The molecule has 4 aliphatic carbocycles. The number of esters is 3. The molecule has 0 aromatic rings. The third-order valence-corrected chi connectivity index (χ3v) is 17.8. The first-order chi connectivity index (χ1) is 33.4. The molecule has 17 heteroatoms. The summed E-state index contributed by atoms with van der Waals surface area (Å²) in [7, 11) is 0. The number of alkyl halides is 1. The predicted octanol–water partition coefficient (Wildman–Crippen LogP) is 6.68. The van der Waals surface area contributed by atoms with Gasteiger partial charge in [-0.3, -0.25) is 24.0 Å². The molecule has 71 heavy (non-hydrogen) atoms. The van der Waals surface area contributed by atoms with E-state index in [0.29, 0.717) is 57.3 Å². The van der Waals surface area contributed by atoms with Gasteiger partial charge >= 0.3 is 23.9 Å². The van der Waals surface area contributed by atoms with E-state index in [1.807, 2.05) is 33.8 Å². The minimum atomic E-state index is -1.55. The lowest BCUT2D eigenvalue weighted by atomic mass is 9.45. The van der Waals surface area contributed by atoms with Crippen molar-refractivity contribution in [2.24, 2.45) is 40.4 Å². The number of carbonyl (C=O) groups excluding carboxylic acids is 5. The highest BCUT2D eigenvalue weighted by Gasteiger charge is 2.76. The molecule has 0 bridgehead atoms. The summed E-state index contributed by atoms with van der Waals surface area (Å²) in [5.74, 6) is -3.66. The lowest BCUT2D eigenvalue weighted by Gasteiger charge is -2.64. The first-order valence-corrected chi connectivity index (χ1v) is 26.4. The van der Waals surface area contributed by atoms with Crippen LogP contribution in [-0.2, 0) is 52.5 Å². The Morgan fingerprint density at radius 3 is 2.24 bits per heavy atom. The number of aliphatic carboxylic acids is 1. The van der Waals surface area contributed by atoms with Crippen molar-refractivity contribution < 1.29 is 78.0 Å². The van der Waals surface area contributed by atoms with Crippen molar-refractivity contribution in [2.45, 2.75) is 205 Å². The number of halogens is 1. The second-order valence-corrected chi connectivity index (χ2v) is 22.2. The molecular formula is C54H81ClO16. The molecule has 6 aliphatic rings. The Hall–Kier alpha value is -3.51. The zero-order valence-corrected chi connectivity index (χ0v) is 43.8. The zero-order valence-electron chi connectivity index (χ0n) is 43.1. The lowest BCUT2D eigenvalue weighted by molar-refractivity contribution is -0.203. The van der Waals surface area contributed by atoms with E-state index in [2.05, 4.69) is 0 Å². The van der Waals surface area contributed by atoms with Gasteiger partial charge in [0.15, 0.2) is 18.0 Å². The molecule has 0 aromatic heterocycles. The highest BCUT2D eigenvalue weighted by atomic mass is 35.5. The number of ketones is 2. The number of fused-ring (bicyclic) bond motifs is 5. The second kappa shape index (κ2) is 24.7. The number of ether oxygens (including phenoxy) is 5. The smallest absolute Gasteiger partial charge is 0.330 e. The first-order valence-electron chi connectivity index (χ1n) is 26.0. The molecule has 2 saturated heterocycles. The molecule has 0 radical (unpaired) electrons. The van der Waals surface area contributed by atoms with Crippen LogP contribution in [0.3, 0.4) is 0 Å². The number of rotatable bonds is 22. The van der Waals surface area contributed by atoms with Crippen LogP contribution < -0.4 is 0 Å². The molecule has 16 nitrogen and oxygen atoms in total. The summed E-state index contributed by atoms with van der Waals surface area (Å²) in [4.78, 5) is 72.0. The van der Waals surface area contributed by atoms with Crippen LogP contribution in [0.4, 0.5) is 0 Å². The van der Waals surface area contributed by atoms with Crippen LogP contribution in [0.5, 0.6) is 0 Å². The normalized spacial score (nSPS) is 36.9. The molecule has 0 amide bonds. The van der Waals surface area contributed by atoms with E-state index in [4.69, 9.17) is 40.4 Å². The Bertz CT molecular complexity index is 2020. The van der Waals surface area contributed by atoms with Gasteiger partial charge in [-0.05, 0) is 89.2 Å². The van der Waals surface area contributed by atoms with Crippen molar-refractivity contribution in [3.8, 4) is 0 Å². The number of aliphatic hydroxyl groups excluding tert-OH is 4. The Morgan fingerprint density at radius 1 is 0.930 bits per heavy atom. The van der Waals surface area contributed by atoms with Crippen LogP contribution in [0, 0.1) is 40.4 Å². The third kappa shape index (κ3) is 12.7. The van der Waals surface area contributed by atoms with Crippen molar-refractivity contribution in [1.29, 1.82) is 0 Å². The fourth-order valence-corrected chi connectivity index (χ4v) is 13.1. The fourth-order valence-electron chi connectivity index (χ4n) is 12.6. The standard InChI is InChI=1S/C28H37ClO7.C26H44O9/c1-6-23(33)35-15-22(32)28(36-24(34)7-2)16(3)12-20-19-9-8-17-13-18(30)10-11-25(17,4)27(19,29)21(31)14-26(20,28)5;1-16(13-23(30)33-11-9-7-5-4-6-8-10-22(28)29)12-20-25(32)24(31)19(15-34-20)14-21-26(35-21)17(2)18(3)27/h10-11,13,16,19-21,31H,6-9,12,14-15H2,1-5H3;13,17-21,24-27,31-32H,4-12,14-15H2,1-3H3,(H,28,29)/b;16-13+/t16-,19-,20-,21-,25-,26-,27-,28-;17-,18-,19-,20-,21-,24+,25-,26-/m00/s1. The van der Waals surface area contributed by atoms with E-state index in [-0.39, 0.29) is 73.3 Å². The summed E-state index contributed by atoms with van der Waals surface area (Å²) in [6.45, 7) is 14.7. The van der Waals surface area contributed by atoms with Crippen molar-refractivity contribution in [2.75, 3.05) is 19.8 Å². The topological polar surface area (TPSA) is 253 Å². The Labute approximate surface area is 424 Å². The minimum absolute atomic E-state index is 0.0160. The molecule has 0 aromatic carbocycles. The van der Waals surface area contributed by atoms with Crippen molar-refractivity contribution in [3.05, 3.63) is 35.5 Å². The molecule has 2 heterocycles. The zero-order chi connectivity index (χ0) is 52.6. The minimum Gasteiger partial charge on any atom is -0.481 e. The third-order valence-electron chi connectivity index (χ3n) is 16.9. The van der Waals surface area contributed by atoms with Crippen LogP contribution >= 0.6 is 11.6 Å². The van der Waals surface area contributed by atoms with Crippen molar-refractivity contribution >= 4 is 47.0 Å². The number of hydrogen-bond donors (Lipinski definition) is 5. The fraction of sp³-hybridized carbons (Fsp3) is 0.778. The number of hydrogen-bond acceptors (Lipinski definition) is 15. The average molecular weight is 1020 g/mol. The summed E-state index contributed by atoms with van der Waals surface area (Å²) in [5, 5.41) is 51.2. The summed E-state index contributed by atoms with van der Waals surface area (Å²) in [6, 6.07) is 0. The highest BCUT2D eigenvalue weighted by Crippen LogP contribution is 2.72. The van der Waals surface area contributed by atoms with Crippen LogP contribution in [0.2, 0.25) is 0 Å². The summed E-state index contributed by atoms with van der Waals surface area (Å²) < 4.78 is 28.0. The van der Waals surface area contributed by atoms with Gasteiger partial charge in [0.05, 0.1) is 54.7 Å². The molecule has 400 valence electrons. The van der Waals surface area contributed by atoms with Crippen LogP contribution in [0.1, 0.15) is 152 Å². The molecule has 0 spiro atoms. The molecule has 0 unspecified atom stereocenters. The molecular weight excluding hydrogens is 940 g/mol. The summed E-state index contributed by atoms with van der Waals surface area (Å²) >= 11 is 7.48. The number of carboxylic acids is 1. The number of allylic oxidation sites excluding steroid dienone is 4. The van der Waals surface area contributed by atoms with Gasteiger partial charge in [0.25, 0.3) is 0 Å². The number of carboxylic acid groups (broad SMARTS) is 1. The van der Waals surface area contributed by atoms with Gasteiger partial charge in [-0.15, -0.1) is 11.6 Å². The van der Waals surface area contributed by atoms with Gasteiger partial charge in [-0.25, -0.2) is 4.79 Å². The van der Waals surface area contributed by atoms with E-state index in [1.165, 1.54) is 12.2 Å². The van der Waals surface area contributed by atoms with Crippen LogP contribution in [0.25, 0.3) is 0 Å². The van der Waals surface area contributed by atoms with E-state index in [0.717, 1.165) is 37.7 Å². The number of unbranched alkanes of at least 4 members (excludes halogenated alkanes) is 5. The first kappa shape index (κ1) is 58.4. The quantitative estimate of drug-likeness (QED) is 0.0189. The maximum atomic E-state index is 13.9. The SMILES string of the molecule is C/C(=C\C(=O)OCCCCCCCCC(=O)O)C[C@@H]1OC[C@H](C[C@@H]2O[C@H]2[C@@H](C)[C@H](C)O)[C@@H](O)[C@H]1O.CCC(=O)OCC(=O)[C@@]1(OC(=O)CC)[C@@H](C)C[C@H]2[C@@H]3CCC4=CC(=O)C=C[C@]4(C)[C@@]3(Cl)[C@@H](O)C[C@@]21C. The van der Waals surface area contributed by atoms with Crippen molar-refractivity contribution in [1.82, 2.24) is 0 Å². The molecule has 16 atom stereocenters. The molecule has 6 rings (SSSR count). The monoisotopic (exact) mass is 1020 g/mol. The van der Waals surface area contributed by atoms with Crippen LogP contribution in [-0.4, -0.2) is 134 Å². The lowest BCUT2D eigenvalue weighted by Crippen LogP contribution is -2.69. The van der Waals surface area contributed by atoms with E-state index in [9.17, 15) is 49.2 Å². The Morgan fingerprint density at radius 2 is 1.59 bits per heavy atom. The summed E-state index contributed by atoms with van der Waals surface area (Å²) in [6.07, 6.45) is 10.8. The largest absolute Gasteiger partial charge is 0.481 e. The molecule has 5 fully saturated rings. The van der Waals surface area contributed by atoms with Gasteiger partial charge < -0.3 is 49.2 Å². The predicted molar refractivity (Wildman–Crippen MR) is 262 cm³/mol. The van der Waals surface area contributed by atoms with Gasteiger partial charge in [0, 0.05) is 53.9 Å². The summed E-state index contributed by atoms with van der Waals surface area (Å²) in [5.41, 5.74) is -1.56. The number of Topliss-reactive ketones (excluding diaryl/α,β-unsaturated/α-hetero) is 1. The Kier molecular flexibility index (Phi) is 20.3. The highest BCUT2D eigenvalue weighted by molar-refractivity contribution is 6.26. The number of epoxide rings is 1. The second-order valence-electron chi connectivity index (χ2n) is 21.6. The van der Waals surface area contributed by atoms with E-state index < -0.39 is 88.1 Å². The van der Waals surface area contributed by atoms with E-state index >= 15 is 0 Å². The molecule has 5 N–H and O–H groups in total. The van der Waals surface area contributed by atoms with E-state index in [1.54, 1.807) is 33.8 Å².